The van der Waals surface area contributed by atoms with Gasteiger partial charge in [-0.1, -0.05) is 13.8 Å². The fraction of sp³-hybridized carbons (Fsp3) is 0.885. The maximum Gasteiger partial charge on any atom is 0.312 e. The molecule has 1 N–H and O–H groups in total. The molecule has 0 aromatic carbocycles. The van der Waals surface area contributed by atoms with Crippen molar-refractivity contribution in [3.05, 3.63) is 0 Å². The van der Waals surface area contributed by atoms with Gasteiger partial charge in [-0.15, -0.1) is 0 Å². The summed E-state index contributed by atoms with van der Waals surface area (Å²) in [5, 5.41) is 10.6. The first-order valence-electron chi connectivity index (χ1n) is 12.5. The maximum absolute atomic E-state index is 12.4. The Kier molecular flexibility index (Phi) is 7.24. The lowest BCUT2D eigenvalue weighted by Crippen LogP contribution is -2.61. The summed E-state index contributed by atoms with van der Waals surface area (Å²) in [6, 6.07) is 0. The van der Waals surface area contributed by atoms with E-state index >= 15 is 0 Å². The second kappa shape index (κ2) is 9.20. The number of hydrogen-bond acceptors (Lipinski definition) is 7. The molecule has 0 amide bonds. The van der Waals surface area contributed by atoms with Crippen molar-refractivity contribution in [1.82, 2.24) is 0 Å². The quantitative estimate of drug-likeness (QED) is 0.459. The summed E-state index contributed by atoms with van der Waals surface area (Å²) in [5.41, 5.74) is -1.80. The predicted octanol–water partition coefficient (Wildman–Crippen LogP) is 4.33. The van der Waals surface area contributed by atoms with Crippen LogP contribution in [0, 0.1) is 22.7 Å². The van der Waals surface area contributed by atoms with E-state index in [2.05, 4.69) is 0 Å². The predicted molar refractivity (Wildman–Crippen MR) is 122 cm³/mol. The van der Waals surface area contributed by atoms with Gasteiger partial charge in [0.25, 0.3) is 0 Å². The normalized spacial score (nSPS) is 34.9. The van der Waals surface area contributed by atoms with Crippen molar-refractivity contribution >= 4 is 17.9 Å². The van der Waals surface area contributed by atoms with Gasteiger partial charge in [-0.3, -0.25) is 14.4 Å². The van der Waals surface area contributed by atoms with Crippen molar-refractivity contribution in [3.8, 4) is 0 Å². The third kappa shape index (κ3) is 5.90. The fourth-order valence-electron chi connectivity index (χ4n) is 5.75. The number of aliphatic hydroxyl groups is 1. The Hall–Kier alpha value is -1.63. The number of carbonyl (C=O) groups excluding carboxylic acids is 3. The Balaban J connectivity index is 0.000000196. The zero-order valence-corrected chi connectivity index (χ0v) is 21.2. The first kappa shape index (κ1) is 26.0. The van der Waals surface area contributed by atoms with Gasteiger partial charge in [0, 0.05) is 6.42 Å². The van der Waals surface area contributed by atoms with E-state index in [0.717, 1.165) is 32.1 Å². The van der Waals surface area contributed by atoms with Crippen LogP contribution >= 0.6 is 0 Å². The Morgan fingerprint density at radius 3 is 2.00 bits per heavy atom. The maximum atomic E-state index is 12.4. The molecule has 0 radical (unpaired) electrons. The molecule has 0 aromatic rings. The minimum atomic E-state index is -0.555. The van der Waals surface area contributed by atoms with Crippen LogP contribution in [0.25, 0.3) is 0 Å². The van der Waals surface area contributed by atoms with Crippen LogP contribution in [0.15, 0.2) is 0 Å². The minimum Gasteiger partial charge on any atom is -0.462 e. The standard InChI is InChI=1S/C16H26O3.C10H16O4/c1-4-14(2,3)13(17)19-16-8-11-5-12(9-16)7-15(18,6-11)10-16;1-4-10(2,3)9(12)14-7-5-8(11)13-6-7/h11-12,18H,4-10H2,1-3H3;7H,4-6H2,1-3H3. The number of carbonyl (C=O) groups is 3. The minimum absolute atomic E-state index is 0.0828. The summed E-state index contributed by atoms with van der Waals surface area (Å²) in [6.07, 6.45) is 6.96. The zero-order valence-electron chi connectivity index (χ0n) is 21.2. The lowest BCUT2D eigenvalue weighted by molar-refractivity contribution is -0.225. The molecule has 7 heteroatoms. The summed E-state index contributed by atoms with van der Waals surface area (Å²) in [6.45, 7) is 11.7. The lowest BCUT2D eigenvalue weighted by atomic mass is 9.52. The monoisotopic (exact) mass is 466 g/mol. The van der Waals surface area contributed by atoms with Crippen molar-refractivity contribution in [2.24, 2.45) is 22.7 Å². The molecule has 7 nitrogen and oxygen atoms in total. The molecule has 4 bridgehead atoms. The van der Waals surface area contributed by atoms with Crippen molar-refractivity contribution in [2.75, 3.05) is 6.61 Å². The summed E-state index contributed by atoms with van der Waals surface area (Å²) in [4.78, 5) is 34.7. The topological polar surface area (TPSA) is 99.1 Å². The smallest absolute Gasteiger partial charge is 0.312 e. The number of cyclic esters (lactones) is 1. The molecule has 5 fully saturated rings. The van der Waals surface area contributed by atoms with E-state index in [0.29, 0.717) is 24.7 Å². The highest BCUT2D eigenvalue weighted by molar-refractivity contribution is 5.78. The van der Waals surface area contributed by atoms with E-state index in [1.807, 2.05) is 41.5 Å². The van der Waals surface area contributed by atoms with Gasteiger partial charge in [0.2, 0.25) is 0 Å². The van der Waals surface area contributed by atoms with Gasteiger partial charge < -0.3 is 19.3 Å². The van der Waals surface area contributed by atoms with Crippen LogP contribution in [-0.2, 0) is 28.6 Å². The highest BCUT2D eigenvalue weighted by Gasteiger charge is 2.59. The summed E-state index contributed by atoms with van der Waals surface area (Å²) < 4.78 is 15.8. The molecule has 3 unspecified atom stereocenters. The number of hydrogen-bond donors (Lipinski definition) is 1. The number of ether oxygens (including phenoxy) is 3. The van der Waals surface area contributed by atoms with E-state index in [4.69, 9.17) is 14.2 Å². The largest absolute Gasteiger partial charge is 0.462 e. The van der Waals surface area contributed by atoms with E-state index in [9.17, 15) is 19.5 Å². The molecule has 33 heavy (non-hydrogen) atoms. The second-order valence-electron chi connectivity index (χ2n) is 12.1. The van der Waals surface area contributed by atoms with E-state index in [-0.39, 0.29) is 42.6 Å². The Morgan fingerprint density at radius 1 is 1.00 bits per heavy atom. The van der Waals surface area contributed by atoms with Gasteiger partial charge in [-0.2, -0.15) is 0 Å². The molecule has 0 spiro atoms. The molecule has 5 aliphatic rings. The SMILES string of the molecule is CCC(C)(C)C(=O)OC12CC3CC(CC(O)(C3)C1)C2.CCC(C)(C)C(=O)OC1COC(=O)C1. The highest BCUT2D eigenvalue weighted by Crippen LogP contribution is 2.59. The molecule has 4 saturated carbocycles. The zero-order chi connectivity index (χ0) is 24.7. The average Bonchev–Trinajstić information content (AvgIpc) is 3.10. The van der Waals surface area contributed by atoms with Gasteiger partial charge in [-0.05, 0) is 84.5 Å². The molecule has 1 saturated heterocycles. The van der Waals surface area contributed by atoms with Crippen LogP contribution in [0.3, 0.4) is 0 Å². The van der Waals surface area contributed by atoms with Gasteiger partial charge >= 0.3 is 17.9 Å². The molecule has 5 rings (SSSR count). The van der Waals surface area contributed by atoms with Crippen molar-refractivity contribution in [3.63, 3.8) is 0 Å². The van der Waals surface area contributed by atoms with Crippen LogP contribution < -0.4 is 0 Å². The molecule has 0 aromatic heterocycles. The van der Waals surface area contributed by atoms with Gasteiger partial charge in [0.1, 0.15) is 18.3 Å². The van der Waals surface area contributed by atoms with Crippen molar-refractivity contribution < 1.29 is 33.7 Å². The lowest BCUT2D eigenvalue weighted by Gasteiger charge is -2.59. The molecular weight excluding hydrogens is 424 g/mol. The van der Waals surface area contributed by atoms with Crippen LogP contribution in [0.1, 0.15) is 99.3 Å². The average molecular weight is 467 g/mol. The summed E-state index contributed by atoms with van der Waals surface area (Å²) in [7, 11) is 0. The van der Waals surface area contributed by atoms with E-state index in [1.165, 1.54) is 6.42 Å². The third-order valence-electron chi connectivity index (χ3n) is 8.26. The van der Waals surface area contributed by atoms with Gasteiger partial charge in [0.15, 0.2) is 0 Å². The molecule has 1 aliphatic heterocycles. The Morgan fingerprint density at radius 2 is 1.55 bits per heavy atom. The molecule has 4 aliphatic carbocycles. The molecular formula is C26H42O7. The molecule has 1 heterocycles. The third-order valence-corrected chi connectivity index (χ3v) is 8.26. The van der Waals surface area contributed by atoms with E-state index < -0.39 is 16.4 Å². The van der Waals surface area contributed by atoms with Crippen LogP contribution in [0.5, 0.6) is 0 Å². The number of esters is 3. The fourth-order valence-corrected chi connectivity index (χ4v) is 5.75. The first-order chi connectivity index (χ1) is 15.2. The highest BCUT2D eigenvalue weighted by atomic mass is 16.6. The van der Waals surface area contributed by atoms with Crippen molar-refractivity contribution in [2.45, 2.75) is 117 Å². The van der Waals surface area contributed by atoms with Gasteiger partial charge in [0.05, 0.1) is 22.9 Å². The Bertz CT molecular complexity index is 755. The van der Waals surface area contributed by atoms with Crippen LogP contribution in [0.2, 0.25) is 0 Å². The van der Waals surface area contributed by atoms with Gasteiger partial charge in [-0.25, -0.2) is 0 Å². The summed E-state index contributed by atoms with van der Waals surface area (Å²) in [5.74, 6) is 0.480. The van der Waals surface area contributed by atoms with Crippen LogP contribution in [0.4, 0.5) is 0 Å². The van der Waals surface area contributed by atoms with Crippen LogP contribution in [-0.4, -0.2) is 46.9 Å². The summed E-state index contributed by atoms with van der Waals surface area (Å²) >= 11 is 0. The van der Waals surface area contributed by atoms with E-state index in [1.54, 1.807) is 0 Å². The molecule has 188 valence electrons. The first-order valence-corrected chi connectivity index (χ1v) is 12.5. The number of rotatable bonds is 6. The second-order valence-corrected chi connectivity index (χ2v) is 12.1. The van der Waals surface area contributed by atoms with Crippen molar-refractivity contribution in [1.29, 1.82) is 0 Å². The Labute approximate surface area is 197 Å². The molecule has 3 atom stereocenters.